The predicted octanol–water partition coefficient (Wildman–Crippen LogP) is 4.26. The highest BCUT2D eigenvalue weighted by Crippen LogP contribution is 2.30. The van der Waals surface area contributed by atoms with Gasteiger partial charge in [0.1, 0.15) is 5.75 Å². The standard InChI is InChI=1S/C16H19NOS/c1-3-16(17)12-7-9-14(10-8-12)19-15-6-4-5-13(11-15)18-2/h4-11,16H,3,17H2,1-2H3. The van der Waals surface area contributed by atoms with Gasteiger partial charge in [-0.3, -0.25) is 0 Å². The quantitative estimate of drug-likeness (QED) is 0.884. The van der Waals surface area contributed by atoms with E-state index in [1.165, 1.54) is 15.4 Å². The fourth-order valence-electron chi connectivity index (χ4n) is 1.82. The molecule has 2 nitrogen and oxygen atoms in total. The Kier molecular flexibility index (Phi) is 4.88. The second kappa shape index (κ2) is 6.64. The van der Waals surface area contributed by atoms with Gasteiger partial charge in [-0.05, 0) is 42.3 Å². The summed E-state index contributed by atoms with van der Waals surface area (Å²) in [5.41, 5.74) is 7.20. The molecular weight excluding hydrogens is 254 g/mol. The largest absolute Gasteiger partial charge is 0.497 e. The van der Waals surface area contributed by atoms with Gasteiger partial charge in [0.15, 0.2) is 0 Å². The Morgan fingerprint density at radius 3 is 2.47 bits per heavy atom. The van der Waals surface area contributed by atoms with Crippen LogP contribution in [0.4, 0.5) is 0 Å². The van der Waals surface area contributed by atoms with Crippen LogP contribution in [0, 0.1) is 0 Å². The minimum atomic E-state index is 0.135. The number of hydrogen-bond donors (Lipinski definition) is 1. The van der Waals surface area contributed by atoms with Crippen molar-refractivity contribution in [2.24, 2.45) is 5.73 Å². The molecule has 100 valence electrons. The van der Waals surface area contributed by atoms with Crippen LogP contribution in [0.25, 0.3) is 0 Å². The van der Waals surface area contributed by atoms with E-state index in [-0.39, 0.29) is 6.04 Å². The van der Waals surface area contributed by atoms with Gasteiger partial charge in [0.25, 0.3) is 0 Å². The maximum atomic E-state index is 6.01. The summed E-state index contributed by atoms with van der Waals surface area (Å²) in [5.74, 6) is 0.884. The fraction of sp³-hybridized carbons (Fsp3) is 0.250. The van der Waals surface area contributed by atoms with Crippen LogP contribution < -0.4 is 10.5 Å². The van der Waals surface area contributed by atoms with Crippen LogP contribution in [0.15, 0.2) is 58.3 Å². The van der Waals surface area contributed by atoms with Crippen molar-refractivity contribution in [3.8, 4) is 5.75 Å². The van der Waals surface area contributed by atoms with Crippen LogP contribution in [-0.4, -0.2) is 7.11 Å². The summed E-state index contributed by atoms with van der Waals surface area (Å²) < 4.78 is 5.23. The number of benzene rings is 2. The summed E-state index contributed by atoms with van der Waals surface area (Å²) in [4.78, 5) is 2.38. The van der Waals surface area contributed by atoms with Crippen molar-refractivity contribution in [2.45, 2.75) is 29.2 Å². The van der Waals surface area contributed by atoms with Crippen molar-refractivity contribution in [3.05, 3.63) is 54.1 Å². The Hall–Kier alpha value is -1.45. The van der Waals surface area contributed by atoms with E-state index in [1.54, 1.807) is 18.9 Å². The second-order valence-electron chi connectivity index (χ2n) is 4.36. The van der Waals surface area contributed by atoms with Gasteiger partial charge in [0.2, 0.25) is 0 Å². The van der Waals surface area contributed by atoms with E-state index in [0.29, 0.717) is 0 Å². The summed E-state index contributed by atoms with van der Waals surface area (Å²) in [7, 11) is 1.69. The number of rotatable bonds is 5. The Morgan fingerprint density at radius 2 is 1.84 bits per heavy atom. The Bertz CT molecular complexity index is 525. The van der Waals surface area contributed by atoms with Gasteiger partial charge in [-0.15, -0.1) is 0 Å². The van der Waals surface area contributed by atoms with Crippen molar-refractivity contribution < 1.29 is 4.74 Å². The van der Waals surface area contributed by atoms with Crippen molar-refractivity contribution in [3.63, 3.8) is 0 Å². The predicted molar refractivity (Wildman–Crippen MR) is 80.8 cm³/mol. The zero-order valence-electron chi connectivity index (χ0n) is 11.3. The number of hydrogen-bond acceptors (Lipinski definition) is 3. The van der Waals surface area contributed by atoms with Crippen molar-refractivity contribution >= 4 is 11.8 Å². The molecule has 0 aliphatic carbocycles. The maximum absolute atomic E-state index is 6.01. The van der Waals surface area contributed by atoms with E-state index in [2.05, 4.69) is 37.3 Å². The van der Waals surface area contributed by atoms with E-state index in [9.17, 15) is 0 Å². The van der Waals surface area contributed by atoms with Gasteiger partial charge in [0.05, 0.1) is 7.11 Å². The number of nitrogens with two attached hydrogens (primary N) is 1. The third-order valence-corrected chi connectivity index (χ3v) is 4.02. The number of ether oxygens (including phenoxy) is 1. The molecule has 0 aliphatic rings. The molecule has 3 heteroatoms. The first-order chi connectivity index (χ1) is 9.22. The smallest absolute Gasteiger partial charge is 0.119 e. The molecule has 0 fully saturated rings. The van der Waals surface area contributed by atoms with Crippen LogP contribution in [-0.2, 0) is 0 Å². The Balaban J connectivity index is 2.10. The van der Waals surface area contributed by atoms with Gasteiger partial charge in [-0.2, -0.15) is 0 Å². The van der Waals surface area contributed by atoms with Crippen LogP contribution in [0.2, 0.25) is 0 Å². The van der Waals surface area contributed by atoms with Crippen LogP contribution in [0.3, 0.4) is 0 Å². The van der Waals surface area contributed by atoms with E-state index >= 15 is 0 Å². The summed E-state index contributed by atoms with van der Waals surface area (Å²) in [6.45, 7) is 2.10. The lowest BCUT2D eigenvalue weighted by atomic mass is 10.1. The van der Waals surface area contributed by atoms with E-state index in [4.69, 9.17) is 10.5 Å². The topological polar surface area (TPSA) is 35.2 Å². The summed E-state index contributed by atoms with van der Waals surface area (Å²) >= 11 is 1.72. The first-order valence-electron chi connectivity index (χ1n) is 6.40. The molecule has 0 saturated carbocycles. The zero-order chi connectivity index (χ0) is 13.7. The second-order valence-corrected chi connectivity index (χ2v) is 5.51. The minimum absolute atomic E-state index is 0.135. The van der Waals surface area contributed by atoms with E-state index in [0.717, 1.165) is 12.2 Å². The lowest BCUT2D eigenvalue weighted by Gasteiger charge is -2.10. The molecule has 2 aromatic carbocycles. The average Bonchev–Trinajstić information content (AvgIpc) is 2.47. The zero-order valence-corrected chi connectivity index (χ0v) is 12.1. The Morgan fingerprint density at radius 1 is 1.11 bits per heavy atom. The van der Waals surface area contributed by atoms with Crippen molar-refractivity contribution in [1.29, 1.82) is 0 Å². The van der Waals surface area contributed by atoms with Gasteiger partial charge in [-0.1, -0.05) is 36.9 Å². The molecule has 0 saturated heterocycles. The summed E-state index contributed by atoms with van der Waals surface area (Å²) in [6, 6.07) is 16.7. The van der Waals surface area contributed by atoms with Gasteiger partial charge >= 0.3 is 0 Å². The molecule has 0 spiro atoms. The van der Waals surface area contributed by atoms with Gasteiger partial charge in [-0.25, -0.2) is 0 Å². The van der Waals surface area contributed by atoms with Gasteiger partial charge < -0.3 is 10.5 Å². The molecule has 0 radical (unpaired) electrons. The maximum Gasteiger partial charge on any atom is 0.119 e. The highest BCUT2D eigenvalue weighted by molar-refractivity contribution is 7.99. The molecule has 0 bridgehead atoms. The molecule has 2 aromatic rings. The van der Waals surface area contributed by atoms with Crippen LogP contribution in [0.1, 0.15) is 24.9 Å². The summed E-state index contributed by atoms with van der Waals surface area (Å²) in [6.07, 6.45) is 0.961. The first kappa shape index (κ1) is 14.0. The van der Waals surface area contributed by atoms with Crippen LogP contribution in [0.5, 0.6) is 5.75 Å². The van der Waals surface area contributed by atoms with Crippen molar-refractivity contribution in [1.82, 2.24) is 0 Å². The van der Waals surface area contributed by atoms with Crippen molar-refractivity contribution in [2.75, 3.05) is 7.11 Å². The lowest BCUT2D eigenvalue weighted by molar-refractivity contribution is 0.413. The molecule has 0 heterocycles. The molecule has 0 aliphatic heterocycles. The SMILES string of the molecule is CCC(N)c1ccc(Sc2cccc(OC)c2)cc1. The molecular formula is C16H19NOS. The summed E-state index contributed by atoms with van der Waals surface area (Å²) in [5, 5.41) is 0. The third-order valence-electron chi connectivity index (χ3n) is 3.02. The molecule has 19 heavy (non-hydrogen) atoms. The third kappa shape index (κ3) is 3.75. The monoisotopic (exact) mass is 273 g/mol. The molecule has 1 atom stereocenters. The molecule has 2 N–H and O–H groups in total. The van der Waals surface area contributed by atoms with Gasteiger partial charge in [0, 0.05) is 15.8 Å². The highest BCUT2D eigenvalue weighted by atomic mass is 32.2. The highest BCUT2D eigenvalue weighted by Gasteiger charge is 2.04. The fourth-order valence-corrected chi connectivity index (χ4v) is 2.69. The molecule has 1 unspecified atom stereocenters. The van der Waals surface area contributed by atoms with E-state index < -0.39 is 0 Å². The van der Waals surface area contributed by atoms with Crippen LogP contribution >= 0.6 is 11.8 Å². The molecule has 0 aromatic heterocycles. The van der Waals surface area contributed by atoms with E-state index in [1.807, 2.05) is 18.2 Å². The molecule has 2 rings (SSSR count). The lowest BCUT2D eigenvalue weighted by Crippen LogP contribution is -2.07. The minimum Gasteiger partial charge on any atom is -0.497 e. The first-order valence-corrected chi connectivity index (χ1v) is 7.22. The Labute approximate surface area is 119 Å². The average molecular weight is 273 g/mol. The molecule has 0 amide bonds. The number of methoxy groups -OCH3 is 1. The normalized spacial score (nSPS) is 12.2.